The molecule has 0 saturated carbocycles. The van der Waals surface area contributed by atoms with E-state index in [-0.39, 0.29) is 0 Å². The second-order valence-electron chi connectivity index (χ2n) is 2.93. The summed E-state index contributed by atoms with van der Waals surface area (Å²) in [5.41, 5.74) is 1.87. The van der Waals surface area contributed by atoms with Crippen molar-refractivity contribution in [3.05, 3.63) is 30.0 Å². The van der Waals surface area contributed by atoms with Crippen LogP contribution in [0, 0.1) is 0 Å². The molecule has 0 radical (unpaired) electrons. The maximum absolute atomic E-state index is 5.34. The summed E-state index contributed by atoms with van der Waals surface area (Å²) >= 11 is 0. The molecule has 0 amide bonds. The van der Waals surface area contributed by atoms with Crippen LogP contribution in [0.25, 0.3) is 11.0 Å². The Labute approximate surface area is 74.6 Å². The van der Waals surface area contributed by atoms with Crippen LogP contribution in [-0.2, 0) is 0 Å². The smallest absolute Gasteiger partial charge is 0.179 e. The van der Waals surface area contributed by atoms with Crippen molar-refractivity contribution in [3.63, 3.8) is 0 Å². The quantitative estimate of drug-likeness (QED) is 0.612. The maximum Gasteiger partial charge on any atom is 0.179 e. The molecule has 3 nitrogen and oxygen atoms in total. The van der Waals surface area contributed by atoms with Gasteiger partial charge >= 0.3 is 0 Å². The Morgan fingerprint density at radius 2 is 2.31 bits per heavy atom. The minimum atomic E-state index is 0.402. The molecule has 0 atom stereocenters. The summed E-state index contributed by atoms with van der Waals surface area (Å²) in [6.45, 7) is 0.402. The molecule has 1 aromatic carbocycles. The molecular weight excluding hydrogens is 166 g/mol. The summed E-state index contributed by atoms with van der Waals surface area (Å²) in [5, 5.41) is 1.08. The first-order valence-electron chi connectivity index (χ1n) is 4.07. The van der Waals surface area contributed by atoms with Crippen molar-refractivity contribution in [2.75, 3.05) is 6.73 Å². The second-order valence-corrected chi connectivity index (χ2v) is 2.93. The molecule has 0 spiro atoms. The van der Waals surface area contributed by atoms with Gasteiger partial charge in [-0.25, -0.2) is 0 Å². The molecule has 0 aliphatic carbocycles. The summed E-state index contributed by atoms with van der Waals surface area (Å²) in [4.78, 5) is 4.03. The first-order chi connectivity index (χ1) is 6.43. The Bertz CT molecular complexity index is 485. The lowest BCUT2D eigenvalue weighted by atomic mass is 10.1. The standard InChI is InChI=1S/C10H7NO2/c1-2-12-9-4-10-8(3-7(1)9)5-11-6-13-10/h1-5H,6H2. The first kappa shape index (κ1) is 6.71. The van der Waals surface area contributed by atoms with E-state index in [1.165, 1.54) is 0 Å². The highest BCUT2D eigenvalue weighted by molar-refractivity contribution is 5.92. The Balaban J connectivity index is 2.36. The SMILES string of the molecule is C1=NCOc2cc3occc3cc21. The van der Waals surface area contributed by atoms with Gasteiger partial charge in [-0.15, -0.1) is 0 Å². The molecule has 0 bridgehead atoms. The van der Waals surface area contributed by atoms with Gasteiger partial charge in [0.25, 0.3) is 0 Å². The van der Waals surface area contributed by atoms with E-state index in [4.69, 9.17) is 9.15 Å². The fraction of sp³-hybridized carbons (Fsp3) is 0.100. The van der Waals surface area contributed by atoms with Crippen LogP contribution in [0.1, 0.15) is 5.56 Å². The normalized spacial score (nSPS) is 14.2. The maximum atomic E-state index is 5.34. The van der Waals surface area contributed by atoms with E-state index in [9.17, 15) is 0 Å². The van der Waals surface area contributed by atoms with Gasteiger partial charge in [-0.3, -0.25) is 4.99 Å². The molecule has 2 aromatic rings. The Kier molecular flexibility index (Phi) is 1.22. The van der Waals surface area contributed by atoms with Crippen LogP contribution >= 0.6 is 0 Å². The molecule has 13 heavy (non-hydrogen) atoms. The van der Waals surface area contributed by atoms with E-state index in [1.807, 2.05) is 24.4 Å². The van der Waals surface area contributed by atoms with Crippen molar-refractivity contribution < 1.29 is 9.15 Å². The van der Waals surface area contributed by atoms with Crippen molar-refractivity contribution in [3.8, 4) is 5.75 Å². The third kappa shape index (κ3) is 0.935. The van der Waals surface area contributed by atoms with Gasteiger partial charge in [0.1, 0.15) is 11.3 Å². The molecule has 0 N–H and O–H groups in total. The number of aliphatic imine (C=N–C) groups is 1. The van der Waals surface area contributed by atoms with Crippen LogP contribution in [0.15, 0.2) is 33.9 Å². The minimum absolute atomic E-state index is 0.402. The Hall–Kier alpha value is -1.77. The predicted molar refractivity (Wildman–Crippen MR) is 49.3 cm³/mol. The highest BCUT2D eigenvalue weighted by Gasteiger charge is 2.08. The minimum Gasteiger partial charge on any atom is -0.471 e. The fourth-order valence-corrected chi connectivity index (χ4v) is 1.48. The molecule has 3 rings (SSSR count). The van der Waals surface area contributed by atoms with E-state index in [0.717, 1.165) is 22.3 Å². The van der Waals surface area contributed by atoms with E-state index >= 15 is 0 Å². The average molecular weight is 173 g/mol. The number of benzene rings is 1. The number of ether oxygens (including phenoxy) is 1. The molecule has 1 aromatic heterocycles. The van der Waals surface area contributed by atoms with Gasteiger partial charge in [-0.05, 0) is 12.1 Å². The van der Waals surface area contributed by atoms with E-state index in [1.54, 1.807) is 6.26 Å². The number of fused-ring (bicyclic) bond motifs is 2. The highest BCUT2D eigenvalue weighted by atomic mass is 16.5. The molecule has 0 fully saturated rings. The summed E-state index contributed by atoms with van der Waals surface area (Å²) in [7, 11) is 0. The molecule has 0 saturated heterocycles. The molecule has 2 heterocycles. The molecule has 64 valence electrons. The highest BCUT2D eigenvalue weighted by Crippen LogP contribution is 2.27. The Morgan fingerprint density at radius 3 is 3.31 bits per heavy atom. The van der Waals surface area contributed by atoms with Crippen LogP contribution in [0.5, 0.6) is 5.75 Å². The topological polar surface area (TPSA) is 34.7 Å². The lowest BCUT2D eigenvalue weighted by molar-refractivity contribution is 0.326. The number of rotatable bonds is 0. The summed E-state index contributed by atoms with van der Waals surface area (Å²) in [6.07, 6.45) is 3.50. The molecule has 0 unspecified atom stereocenters. The van der Waals surface area contributed by atoms with Crippen LogP contribution in [0.3, 0.4) is 0 Å². The third-order valence-corrected chi connectivity index (χ3v) is 2.11. The Morgan fingerprint density at radius 1 is 1.31 bits per heavy atom. The number of hydrogen-bond donors (Lipinski definition) is 0. The average Bonchev–Trinajstić information content (AvgIpc) is 2.61. The van der Waals surface area contributed by atoms with Gasteiger partial charge in [-0.1, -0.05) is 0 Å². The van der Waals surface area contributed by atoms with Crippen LogP contribution in [-0.4, -0.2) is 12.9 Å². The zero-order valence-electron chi connectivity index (χ0n) is 6.86. The van der Waals surface area contributed by atoms with Gasteiger partial charge < -0.3 is 9.15 Å². The van der Waals surface area contributed by atoms with Crippen molar-refractivity contribution in [2.24, 2.45) is 4.99 Å². The molecule has 1 aliphatic rings. The van der Waals surface area contributed by atoms with Crippen LogP contribution in [0.2, 0.25) is 0 Å². The molecular formula is C10H7NO2. The predicted octanol–water partition coefficient (Wildman–Crippen LogP) is 2.20. The molecule has 1 aliphatic heterocycles. The van der Waals surface area contributed by atoms with E-state index in [0.29, 0.717) is 6.73 Å². The van der Waals surface area contributed by atoms with Crippen LogP contribution in [0.4, 0.5) is 0 Å². The van der Waals surface area contributed by atoms with Gasteiger partial charge in [0.2, 0.25) is 0 Å². The fourth-order valence-electron chi connectivity index (χ4n) is 1.48. The van der Waals surface area contributed by atoms with Crippen molar-refractivity contribution in [1.29, 1.82) is 0 Å². The number of furan rings is 1. The zero-order chi connectivity index (χ0) is 8.67. The van der Waals surface area contributed by atoms with Gasteiger partial charge in [0.05, 0.1) is 6.26 Å². The van der Waals surface area contributed by atoms with Gasteiger partial charge in [0.15, 0.2) is 6.73 Å². The number of hydrogen-bond acceptors (Lipinski definition) is 3. The first-order valence-corrected chi connectivity index (χ1v) is 4.07. The lowest BCUT2D eigenvalue weighted by Gasteiger charge is -2.10. The van der Waals surface area contributed by atoms with Gasteiger partial charge in [-0.2, -0.15) is 0 Å². The second kappa shape index (κ2) is 2.36. The molecule has 3 heteroatoms. The largest absolute Gasteiger partial charge is 0.471 e. The van der Waals surface area contributed by atoms with Gasteiger partial charge in [0, 0.05) is 23.2 Å². The van der Waals surface area contributed by atoms with Crippen molar-refractivity contribution in [1.82, 2.24) is 0 Å². The van der Waals surface area contributed by atoms with E-state index in [2.05, 4.69) is 4.99 Å². The van der Waals surface area contributed by atoms with E-state index < -0.39 is 0 Å². The lowest BCUT2D eigenvalue weighted by Crippen LogP contribution is -2.03. The van der Waals surface area contributed by atoms with Crippen molar-refractivity contribution in [2.45, 2.75) is 0 Å². The third-order valence-electron chi connectivity index (χ3n) is 2.11. The zero-order valence-corrected chi connectivity index (χ0v) is 6.86. The number of nitrogens with zero attached hydrogens (tertiary/aromatic N) is 1. The summed E-state index contributed by atoms with van der Waals surface area (Å²) in [6, 6.07) is 5.84. The van der Waals surface area contributed by atoms with Crippen molar-refractivity contribution >= 4 is 17.2 Å². The van der Waals surface area contributed by atoms with Crippen LogP contribution < -0.4 is 4.74 Å². The summed E-state index contributed by atoms with van der Waals surface area (Å²) in [5.74, 6) is 0.845. The summed E-state index contributed by atoms with van der Waals surface area (Å²) < 4.78 is 10.6. The monoisotopic (exact) mass is 173 g/mol.